The van der Waals surface area contributed by atoms with Crippen molar-refractivity contribution in [3.63, 3.8) is 0 Å². The molecule has 138 valence electrons. The van der Waals surface area contributed by atoms with Gasteiger partial charge < -0.3 is 10.2 Å². The number of hydrogen-bond acceptors (Lipinski definition) is 2. The van der Waals surface area contributed by atoms with Crippen LogP contribution in [0.15, 0.2) is 54.6 Å². The van der Waals surface area contributed by atoms with Gasteiger partial charge in [0, 0.05) is 20.0 Å². The van der Waals surface area contributed by atoms with Crippen LogP contribution < -0.4 is 5.32 Å². The molecule has 0 radical (unpaired) electrons. The summed E-state index contributed by atoms with van der Waals surface area (Å²) in [6.07, 6.45) is 1.65. The smallest absolute Gasteiger partial charge is 0.242 e. The molecular formula is C22H28N2O2. The average Bonchev–Trinajstić information content (AvgIpc) is 2.66. The molecule has 26 heavy (non-hydrogen) atoms. The second-order valence-corrected chi connectivity index (χ2v) is 6.53. The lowest BCUT2D eigenvalue weighted by atomic mass is 10.1. The number of amides is 2. The number of carbonyl (C=O) groups excluding carboxylic acids is 2. The van der Waals surface area contributed by atoms with Crippen LogP contribution in [0.5, 0.6) is 0 Å². The van der Waals surface area contributed by atoms with E-state index in [0.717, 1.165) is 16.7 Å². The topological polar surface area (TPSA) is 49.4 Å². The zero-order chi connectivity index (χ0) is 18.9. The van der Waals surface area contributed by atoms with Gasteiger partial charge in [0.25, 0.3) is 0 Å². The van der Waals surface area contributed by atoms with E-state index >= 15 is 0 Å². The molecule has 0 unspecified atom stereocenters. The Morgan fingerprint density at radius 2 is 1.73 bits per heavy atom. The van der Waals surface area contributed by atoms with Crippen LogP contribution in [0.25, 0.3) is 0 Å². The van der Waals surface area contributed by atoms with Crippen LogP contribution in [-0.4, -0.2) is 29.8 Å². The monoisotopic (exact) mass is 352 g/mol. The van der Waals surface area contributed by atoms with Gasteiger partial charge >= 0.3 is 0 Å². The Bertz CT molecular complexity index is 728. The van der Waals surface area contributed by atoms with Gasteiger partial charge in [-0.1, -0.05) is 67.1 Å². The second-order valence-electron chi connectivity index (χ2n) is 6.53. The summed E-state index contributed by atoms with van der Waals surface area (Å²) in [6, 6.07) is 17.6. The van der Waals surface area contributed by atoms with Crippen molar-refractivity contribution in [3.8, 4) is 0 Å². The van der Waals surface area contributed by atoms with Crippen LogP contribution in [0.3, 0.4) is 0 Å². The molecule has 2 amide bonds. The van der Waals surface area contributed by atoms with E-state index in [1.165, 1.54) is 0 Å². The van der Waals surface area contributed by atoms with Crippen LogP contribution in [0.4, 0.5) is 0 Å². The molecule has 0 spiro atoms. The summed E-state index contributed by atoms with van der Waals surface area (Å²) in [6.45, 7) is 4.41. The Balaban J connectivity index is 2.17. The lowest BCUT2D eigenvalue weighted by Crippen LogP contribution is -2.48. The van der Waals surface area contributed by atoms with Crippen LogP contribution in [0.1, 0.15) is 36.5 Å². The van der Waals surface area contributed by atoms with E-state index in [1.807, 2.05) is 62.4 Å². The highest BCUT2D eigenvalue weighted by Crippen LogP contribution is 2.16. The Kier molecular flexibility index (Phi) is 7.39. The Labute approximate surface area is 156 Å². The molecule has 0 saturated carbocycles. The van der Waals surface area contributed by atoms with Crippen molar-refractivity contribution in [1.82, 2.24) is 10.2 Å². The van der Waals surface area contributed by atoms with Crippen LogP contribution in [-0.2, 0) is 22.6 Å². The van der Waals surface area contributed by atoms with Crippen molar-refractivity contribution >= 4 is 11.8 Å². The first-order valence-corrected chi connectivity index (χ1v) is 9.15. The predicted molar refractivity (Wildman–Crippen MR) is 105 cm³/mol. The molecule has 1 atom stereocenters. The predicted octanol–water partition coefficient (Wildman–Crippen LogP) is 3.48. The third kappa shape index (κ3) is 5.45. The third-order valence-corrected chi connectivity index (χ3v) is 4.54. The van der Waals surface area contributed by atoms with Gasteiger partial charge in [-0.2, -0.15) is 0 Å². The van der Waals surface area contributed by atoms with Gasteiger partial charge in [0.2, 0.25) is 11.8 Å². The van der Waals surface area contributed by atoms with Gasteiger partial charge in [0.05, 0.1) is 0 Å². The van der Waals surface area contributed by atoms with Gasteiger partial charge in [-0.15, -0.1) is 0 Å². The molecule has 0 saturated heterocycles. The number of aryl methyl sites for hydroxylation is 2. The number of carbonyl (C=O) groups is 2. The fraction of sp³-hybridized carbons (Fsp3) is 0.364. The minimum absolute atomic E-state index is 0.00538. The number of nitrogens with zero attached hydrogens (tertiary/aromatic N) is 1. The largest absolute Gasteiger partial charge is 0.357 e. The SMILES string of the molecule is CC[C@@H](C(=O)NC)N(Cc1cccc(C)c1)C(=O)CCc1ccccc1. The van der Waals surface area contributed by atoms with Gasteiger partial charge in [0.15, 0.2) is 0 Å². The van der Waals surface area contributed by atoms with Crippen molar-refractivity contribution < 1.29 is 9.59 Å². The van der Waals surface area contributed by atoms with Crippen molar-refractivity contribution in [2.24, 2.45) is 0 Å². The molecule has 2 aromatic rings. The van der Waals surface area contributed by atoms with Crippen molar-refractivity contribution in [1.29, 1.82) is 0 Å². The van der Waals surface area contributed by atoms with Gasteiger partial charge in [-0.25, -0.2) is 0 Å². The number of rotatable bonds is 8. The zero-order valence-electron chi connectivity index (χ0n) is 15.9. The fourth-order valence-electron chi connectivity index (χ4n) is 3.13. The summed E-state index contributed by atoms with van der Waals surface area (Å²) in [4.78, 5) is 27.0. The maximum Gasteiger partial charge on any atom is 0.242 e. The first-order chi connectivity index (χ1) is 12.5. The minimum Gasteiger partial charge on any atom is -0.357 e. The molecule has 0 aromatic heterocycles. The molecule has 2 aromatic carbocycles. The molecule has 0 fully saturated rings. The lowest BCUT2D eigenvalue weighted by molar-refractivity contribution is -0.141. The van der Waals surface area contributed by atoms with E-state index in [2.05, 4.69) is 11.4 Å². The van der Waals surface area contributed by atoms with Crippen LogP contribution in [0.2, 0.25) is 0 Å². The number of nitrogens with one attached hydrogen (secondary N) is 1. The maximum atomic E-state index is 13.0. The molecule has 0 bridgehead atoms. The van der Waals surface area contributed by atoms with E-state index in [0.29, 0.717) is 25.8 Å². The summed E-state index contributed by atoms with van der Waals surface area (Å²) in [5, 5.41) is 2.69. The normalized spacial score (nSPS) is 11.7. The molecule has 0 heterocycles. The van der Waals surface area contributed by atoms with Crippen LogP contribution in [0, 0.1) is 6.92 Å². The minimum atomic E-state index is -0.455. The summed E-state index contributed by atoms with van der Waals surface area (Å²) in [7, 11) is 1.62. The van der Waals surface area contributed by atoms with Gasteiger partial charge in [-0.05, 0) is 30.9 Å². The summed E-state index contributed by atoms with van der Waals surface area (Å²) in [5.41, 5.74) is 3.32. The number of benzene rings is 2. The second kappa shape index (κ2) is 9.76. The van der Waals surface area contributed by atoms with E-state index in [-0.39, 0.29) is 11.8 Å². The van der Waals surface area contributed by atoms with Crippen molar-refractivity contribution in [2.45, 2.75) is 45.7 Å². The quantitative estimate of drug-likeness (QED) is 0.791. The Morgan fingerprint density at radius 3 is 2.35 bits per heavy atom. The van der Waals surface area contributed by atoms with Gasteiger partial charge in [0.1, 0.15) is 6.04 Å². The summed E-state index contributed by atoms with van der Waals surface area (Å²) < 4.78 is 0. The molecule has 0 aliphatic heterocycles. The molecule has 1 N–H and O–H groups in total. The molecule has 2 rings (SSSR count). The Morgan fingerprint density at radius 1 is 1.04 bits per heavy atom. The molecule has 0 aliphatic rings. The van der Waals surface area contributed by atoms with Crippen molar-refractivity contribution in [3.05, 3.63) is 71.3 Å². The molecule has 0 aliphatic carbocycles. The van der Waals surface area contributed by atoms with Crippen molar-refractivity contribution in [2.75, 3.05) is 7.05 Å². The van der Waals surface area contributed by atoms with Crippen LogP contribution >= 0.6 is 0 Å². The molecule has 4 nitrogen and oxygen atoms in total. The van der Waals surface area contributed by atoms with Gasteiger partial charge in [-0.3, -0.25) is 9.59 Å². The zero-order valence-corrected chi connectivity index (χ0v) is 15.9. The van der Waals surface area contributed by atoms with E-state index in [9.17, 15) is 9.59 Å². The summed E-state index contributed by atoms with van der Waals surface area (Å²) >= 11 is 0. The highest BCUT2D eigenvalue weighted by atomic mass is 16.2. The lowest BCUT2D eigenvalue weighted by Gasteiger charge is -2.30. The first kappa shape index (κ1) is 19.7. The van der Waals surface area contributed by atoms with E-state index in [4.69, 9.17) is 0 Å². The fourth-order valence-corrected chi connectivity index (χ4v) is 3.13. The number of likely N-dealkylation sites (N-methyl/N-ethyl adjacent to an activating group) is 1. The highest BCUT2D eigenvalue weighted by molar-refractivity contribution is 5.87. The summed E-state index contributed by atoms with van der Waals surface area (Å²) in [5.74, 6) is -0.112. The third-order valence-electron chi connectivity index (χ3n) is 4.54. The van der Waals surface area contributed by atoms with E-state index < -0.39 is 6.04 Å². The standard InChI is InChI=1S/C22H28N2O2/c1-4-20(22(26)23-3)24(16-19-12-8-9-17(2)15-19)21(25)14-13-18-10-6-5-7-11-18/h5-12,15,20H,4,13-14,16H2,1-3H3,(H,23,26)/t20-/m0/s1. The maximum absolute atomic E-state index is 13.0. The Hall–Kier alpha value is -2.62. The van der Waals surface area contributed by atoms with E-state index in [1.54, 1.807) is 11.9 Å². The molecule has 4 heteroatoms. The first-order valence-electron chi connectivity index (χ1n) is 9.15. The molecular weight excluding hydrogens is 324 g/mol. The number of hydrogen-bond donors (Lipinski definition) is 1. The average molecular weight is 352 g/mol. The highest BCUT2D eigenvalue weighted by Gasteiger charge is 2.27.